The van der Waals surface area contributed by atoms with E-state index in [9.17, 15) is 19.4 Å². The molecule has 5 nitrogen and oxygen atoms in total. The maximum atomic E-state index is 13.4. The van der Waals surface area contributed by atoms with Crippen LogP contribution in [0.2, 0.25) is 0 Å². The highest BCUT2D eigenvalue weighted by Crippen LogP contribution is 2.28. The summed E-state index contributed by atoms with van der Waals surface area (Å²) in [7, 11) is 0. The molecule has 0 heterocycles. The van der Waals surface area contributed by atoms with Crippen molar-refractivity contribution in [1.82, 2.24) is 0 Å². The van der Waals surface area contributed by atoms with Crippen molar-refractivity contribution in [2.75, 3.05) is 4.90 Å². The van der Waals surface area contributed by atoms with E-state index in [0.29, 0.717) is 0 Å². The average Bonchev–Trinajstić information content (AvgIpc) is 2.68. The Morgan fingerprint density at radius 2 is 1.74 bits per heavy atom. The molecule has 31 heavy (non-hydrogen) atoms. The first-order valence-corrected chi connectivity index (χ1v) is 10.3. The van der Waals surface area contributed by atoms with Gasteiger partial charge in [0.15, 0.2) is 0 Å². The van der Waals surface area contributed by atoms with Gasteiger partial charge in [0.1, 0.15) is 5.82 Å². The number of benzene rings is 2. The summed E-state index contributed by atoms with van der Waals surface area (Å²) in [4.78, 5) is 12.8. The Morgan fingerprint density at radius 3 is 2.32 bits per heavy atom. The van der Waals surface area contributed by atoms with E-state index in [4.69, 9.17) is 5.11 Å². The smallest absolute Gasteiger partial charge is 0.305 e. The van der Waals surface area contributed by atoms with Gasteiger partial charge in [-0.1, -0.05) is 36.4 Å². The number of para-hydroxylation sites is 1. The van der Waals surface area contributed by atoms with Gasteiger partial charge in [0.05, 0.1) is 18.6 Å². The fourth-order valence-electron chi connectivity index (χ4n) is 3.33. The quantitative estimate of drug-likeness (QED) is 0.485. The highest BCUT2D eigenvalue weighted by Gasteiger charge is 2.17. The van der Waals surface area contributed by atoms with Gasteiger partial charge >= 0.3 is 5.97 Å². The van der Waals surface area contributed by atoms with Crippen molar-refractivity contribution in [3.8, 4) is 0 Å². The number of aliphatic hydroxyl groups is 2. The number of rotatable bonds is 10. The number of carbonyl (C=O) groups is 1. The van der Waals surface area contributed by atoms with Gasteiger partial charge in [0.25, 0.3) is 0 Å². The lowest BCUT2D eigenvalue weighted by Gasteiger charge is -2.32. The Hall–Kier alpha value is -2.96. The van der Waals surface area contributed by atoms with E-state index in [1.807, 2.05) is 51.1 Å². The van der Waals surface area contributed by atoms with Gasteiger partial charge in [-0.05, 0) is 62.2 Å². The van der Waals surface area contributed by atoms with Gasteiger partial charge in [0.2, 0.25) is 0 Å². The van der Waals surface area contributed by atoms with E-state index in [-0.39, 0.29) is 18.3 Å². The average molecular weight is 428 g/mol. The van der Waals surface area contributed by atoms with E-state index in [0.717, 1.165) is 22.5 Å². The van der Waals surface area contributed by atoms with E-state index in [1.165, 1.54) is 18.2 Å². The lowest BCUT2D eigenvalue weighted by atomic mass is 10.1. The summed E-state index contributed by atoms with van der Waals surface area (Å²) in [5, 5.41) is 28.9. The zero-order valence-corrected chi connectivity index (χ0v) is 18.1. The molecular weight excluding hydrogens is 397 g/mol. The second kappa shape index (κ2) is 11.4. The van der Waals surface area contributed by atoms with Crippen LogP contribution in [-0.2, 0) is 4.79 Å². The lowest BCUT2D eigenvalue weighted by molar-refractivity contribution is -0.139. The fourth-order valence-corrected chi connectivity index (χ4v) is 3.33. The summed E-state index contributed by atoms with van der Waals surface area (Å²) in [6.45, 7) is 6.11. The van der Waals surface area contributed by atoms with Crippen molar-refractivity contribution >= 4 is 17.7 Å². The molecule has 0 radical (unpaired) electrons. The highest BCUT2D eigenvalue weighted by molar-refractivity contribution is 5.68. The Labute approximate surface area is 182 Å². The summed E-state index contributed by atoms with van der Waals surface area (Å²) in [5.74, 6) is -1.44. The van der Waals surface area contributed by atoms with Crippen molar-refractivity contribution in [1.29, 1.82) is 0 Å². The van der Waals surface area contributed by atoms with Crippen LogP contribution in [0, 0.1) is 12.7 Å². The van der Waals surface area contributed by atoms with Gasteiger partial charge in [-0.15, -0.1) is 0 Å². The van der Waals surface area contributed by atoms with Crippen LogP contribution in [-0.4, -0.2) is 39.5 Å². The minimum Gasteiger partial charge on any atom is -0.481 e. The molecule has 0 fully saturated rings. The summed E-state index contributed by atoms with van der Waals surface area (Å²) in [5.41, 5.74) is 3.63. The minimum atomic E-state index is -1.14. The van der Waals surface area contributed by atoms with E-state index < -0.39 is 24.6 Å². The molecule has 2 atom stereocenters. The molecule has 0 saturated carbocycles. The van der Waals surface area contributed by atoms with Crippen molar-refractivity contribution in [3.05, 3.63) is 83.3 Å². The second-order valence-electron chi connectivity index (χ2n) is 7.78. The van der Waals surface area contributed by atoms with Crippen LogP contribution in [0.3, 0.4) is 0 Å². The SMILES string of the molecule is Cc1ccccc1N(C(/C=C/[C@@H](O)C[C@@H](O)CC(=O)O)=C/c1ccc(F)cc1)C(C)C. The number of hydrogen-bond acceptors (Lipinski definition) is 4. The molecule has 2 rings (SSSR count). The van der Waals surface area contributed by atoms with Crippen molar-refractivity contribution < 1.29 is 24.5 Å². The number of nitrogens with zero attached hydrogens (tertiary/aromatic N) is 1. The maximum absolute atomic E-state index is 13.4. The third-order valence-electron chi connectivity index (χ3n) is 4.77. The molecule has 0 bridgehead atoms. The molecule has 0 aliphatic heterocycles. The number of aliphatic carboxylic acids is 1. The van der Waals surface area contributed by atoms with Crippen LogP contribution >= 0.6 is 0 Å². The first-order valence-electron chi connectivity index (χ1n) is 10.3. The monoisotopic (exact) mass is 427 g/mol. The normalized spacial score (nSPS) is 14.1. The third kappa shape index (κ3) is 7.66. The molecule has 3 N–H and O–H groups in total. The Balaban J connectivity index is 2.41. The Bertz CT molecular complexity index is 921. The Morgan fingerprint density at radius 1 is 1.10 bits per heavy atom. The molecule has 6 heteroatoms. The standard InChI is InChI=1S/C25H30FNO4/c1-17(2)27(24-7-5-4-6-18(24)3)21(14-19-8-10-20(26)11-9-19)12-13-22(28)15-23(29)16-25(30)31/h4-14,17,22-23,28-29H,15-16H2,1-3H3,(H,30,31)/b13-12+,21-14+/t22-,23-/m1/s1. The number of anilines is 1. The largest absolute Gasteiger partial charge is 0.481 e. The molecule has 0 saturated heterocycles. The van der Waals surface area contributed by atoms with E-state index >= 15 is 0 Å². The second-order valence-corrected chi connectivity index (χ2v) is 7.78. The van der Waals surface area contributed by atoms with Crippen molar-refractivity contribution in [2.45, 2.75) is 51.9 Å². The third-order valence-corrected chi connectivity index (χ3v) is 4.77. The number of aryl methyl sites for hydroxylation is 1. The molecule has 0 aromatic heterocycles. The predicted octanol–water partition coefficient (Wildman–Crippen LogP) is 4.53. The molecule has 0 unspecified atom stereocenters. The zero-order valence-electron chi connectivity index (χ0n) is 18.1. The van der Waals surface area contributed by atoms with Gasteiger partial charge in [-0.2, -0.15) is 0 Å². The maximum Gasteiger partial charge on any atom is 0.305 e. The number of halogens is 1. The number of allylic oxidation sites excluding steroid dienone is 1. The first kappa shape index (κ1) is 24.3. The molecule has 0 aliphatic rings. The van der Waals surface area contributed by atoms with E-state index in [2.05, 4.69) is 4.90 Å². The van der Waals surface area contributed by atoms with Crippen molar-refractivity contribution in [3.63, 3.8) is 0 Å². The first-order chi connectivity index (χ1) is 14.7. The predicted molar refractivity (Wildman–Crippen MR) is 121 cm³/mol. The molecule has 0 aliphatic carbocycles. The topological polar surface area (TPSA) is 81.0 Å². The van der Waals surface area contributed by atoms with Crippen LogP contribution in [0.1, 0.15) is 37.8 Å². The van der Waals surface area contributed by atoms with Gasteiger partial charge in [-0.25, -0.2) is 4.39 Å². The fraction of sp³-hybridized carbons (Fsp3) is 0.320. The number of aliphatic hydroxyl groups excluding tert-OH is 2. The number of hydrogen-bond donors (Lipinski definition) is 3. The van der Waals surface area contributed by atoms with Crippen LogP contribution in [0.5, 0.6) is 0 Å². The molecule has 2 aromatic rings. The summed E-state index contributed by atoms with van der Waals surface area (Å²) >= 11 is 0. The van der Waals surface area contributed by atoms with Gasteiger partial charge < -0.3 is 20.2 Å². The highest BCUT2D eigenvalue weighted by atomic mass is 19.1. The molecule has 166 valence electrons. The minimum absolute atomic E-state index is 0.0761. The molecule has 2 aromatic carbocycles. The van der Waals surface area contributed by atoms with Gasteiger partial charge in [0, 0.05) is 23.8 Å². The summed E-state index contributed by atoms with van der Waals surface area (Å²) in [6, 6.07) is 14.1. The Kier molecular flexibility index (Phi) is 8.97. The number of carboxylic acid groups (broad SMARTS) is 1. The number of carboxylic acids is 1. The molecular formula is C25H30FNO4. The van der Waals surface area contributed by atoms with Crippen LogP contribution in [0.15, 0.2) is 66.4 Å². The molecule has 0 spiro atoms. The summed E-state index contributed by atoms with van der Waals surface area (Å²) in [6.07, 6.45) is 2.50. The van der Waals surface area contributed by atoms with Crippen molar-refractivity contribution in [2.24, 2.45) is 0 Å². The van der Waals surface area contributed by atoms with Crippen LogP contribution in [0.4, 0.5) is 10.1 Å². The zero-order chi connectivity index (χ0) is 23.0. The summed E-state index contributed by atoms with van der Waals surface area (Å²) < 4.78 is 13.4. The van der Waals surface area contributed by atoms with E-state index in [1.54, 1.807) is 18.2 Å². The van der Waals surface area contributed by atoms with Crippen LogP contribution in [0.25, 0.3) is 6.08 Å². The molecule has 0 amide bonds. The van der Waals surface area contributed by atoms with Crippen LogP contribution < -0.4 is 4.90 Å². The van der Waals surface area contributed by atoms with Gasteiger partial charge in [-0.3, -0.25) is 4.79 Å². The lowest BCUT2D eigenvalue weighted by Crippen LogP contribution is -2.30.